The van der Waals surface area contributed by atoms with Gasteiger partial charge in [-0.15, -0.1) is 12.4 Å². The van der Waals surface area contributed by atoms with Crippen molar-refractivity contribution in [3.63, 3.8) is 0 Å². The zero-order chi connectivity index (χ0) is 16.3. The standard InChI is InChI=1S/C11H15BrF2N2O4S.ClH/c1-19-8-4-10(9(20-2)3-7(8)12)21(17,18)16-6-11(13,14)5-15;/h3-4,16H,5-6,15H2,1-2H3;1H. The lowest BCUT2D eigenvalue weighted by Gasteiger charge is -2.17. The number of sulfonamides is 1. The first-order chi connectivity index (χ1) is 9.66. The molecule has 0 atom stereocenters. The molecule has 1 aromatic rings. The van der Waals surface area contributed by atoms with Gasteiger partial charge in [-0.3, -0.25) is 0 Å². The zero-order valence-corrected chi connectivity index (χ0v) is 14.9. The van der Waals surface area contributed by atoms with Gasteiger partial charge in [0.05, 0.1) is 31.8 Å². The van der Waals surface area contributed by atoms with Crippen LogP contribution in [0, 0.1) is 0 Å². The molecule has 1 aromatic carbocycles. The highest BCUT2D eigenvalue weighted by atomic mass is 79.9. The molecule has 0 aliphatic carbocycles. The molecular weight excluding hydrogens is 410 g/mol. The van der Waals surface area contributed by atoms with Crippen molar-refractivity contribution >= 4 is 38.4 Å². The minimum absolute atomic E-state index is 0. The van der Waals surface area contributed by atoms with Crippen LogP contribution in [0.3, 0.4) is 0 Å². The maximum Gasteiger partial charge on any atom is 0.273 e. The van der Waals surface area contributed by atoms with Gasteiger partial charge in [0.1, 0.15) is 16.4 Å². The van der Waals surface area contributed by atoms with E-state index in [9.17, 15) is 17.2 Å². The van der Waals surface area contributed by atoms with Crippen LogP contribution in [0.4, 0.5) is 8.78 Å². The molecule has 0 radical (unpaired) electrons. The van der Waals surface area contributed by atoms with Crippen molar-refractivity contribution in [3.8, 4) is 11.5 Å². The number of nitrogens with two attached hydrogens (primary N) is 1. The maximum atomic E-state index is 13.1. The molecule has 11 heteroatoms. The van der Waals surface area contributed by atoms with Crippen LogP contribution in [0.15, 0.2) is 21.5 Å². The highest BCUT2D eigenvalue weighted by Gasteiger charge is 2.31. The Balaban J connectivity index is 0.00000441. The second-order valence-corrected chi connectivity index (χ2v) is 6.61. The summed E-state index contributed by atoms with van der Waals surface area (Å²) < 4.78 is 62.6. The van der Waals surface area contributed by atoms with Crippen LogP contribution in [-0.4, -0.2) is 41.6 Å². The minimum Gasteiger partial charge on any atom is -0.496 e. The van der Waals surface area contributed by atoms with E-state index in [0.29, 0.717) is 4.47 Å². The Kier molecular flexibility index (Phi) is 8.00. The molecule has 22 heavy (non-hydrogen) atoms. The molecule has 128 valence electrons. The van der Waals surface area contributed by atoms with Gasteiger partial charge in [0.25, 0.3) is 5.92 Å². The quantitative estimate of drug-likeness (QED) is 0.695. The lowest BCUT2D eigenvalue weighted by Crippen LogP contribution is -2.41. The van der Waals surface area contributed by atoms with Crippen LogP contribution in [0.1, 0.15) is 0 Å². The highest BCUT2D eigenvalue weighted by molar-refractivity contribution is 9.10. The van der Waals surface area contributed by atoms with Crippen LogP contribution < -0.4 is 19.9 Å². The van der Waals surface area contributed by atoms with Crippen LogP contribution in [-0.2, 0) is 10.0 Å². The average molecular weight is 426 g/mol. The third-order valence-electron chi connectivity index (χ3n) is 2.55. The van der Waals surface area contributed by atoms with Crippen molar-refractivity contribution in [3.05, 3.63) is 16.6 Å². The van der Waals surface area contributed by atoms with E-state index < -0.39 is 29.0 Å². The third-order valence-corrected chi connectivity index (χ3v) is 4.59. The topological polar surface area (TPSA) is 90.7 Å². The number of benzene rings is 1. The predicted molar refractivity (Wildman–Crippen MR) is 83.7 cm³/mol. The number of methoxy groups -OCH3 is 2. The van der Waals surface area contributed by atoms with E-state index in [0.717, 1.165) is 0 Å². The molecule has 6 nitrogen and oxygen atoms in total. The van der Waals surface area contributed by atoms with Gasteiger partial charge < -0.3 is 15.2 Å². The zero-order valence-electron chi connectivity index (χ0n) is 11.7. The van der Waals surface area contributed by atoms with Gasteiger partial charge in [0.2, 0.25) is 10.0 Å². The smallest absolute Gasteiger partial charge is 0.273 e. The SMILES string of the molecule is COc1cc(S(=O)(=O)NCC(F)(F)CN)c(OC)cc1Br.Cl. The number of rotatable bonds is 7. The molecule has 3 N–H and O–H groups in total. The van der Waals surface area contributed by atoms with Gasteiger partial charge in [-0.1, -0.05) is 0 Å². The summed E-state index contributed by atoms with van der Waals surface area (Å²) in [5.41, 5.74) is 4.86. The summed E-state index contributed by atoms with van der Waals surface area (Å²) in [5.74, 6) is -3.12. The minimum atomic E-state index is -4.21. The fourth-order valence-corrected chi connectivity index (χ4v) is 3.10. The summed E-state index contributed by atoms with van der Waals surface area (Å²) in [6, 6.07) is 2.54. The molecule has 0 bridgehead atoms. The molecule has 0 saturated heterocycles. The Morgan fingerprint density at radius 3 is 2.27 bits per heavy atom. The average Bonchev–Trinajstić information content (AvgIpc) is 2.44. The van der Waals surface area contributed by atoms with Gasteiger partial charge in [0, 0.05) is 6.07 Å². The number of hydrogen-bond acceptors (Lipinski definition) is 5. The molecule has 1 rings (SSSR count). The summed E-state index contributed by atoms with van der Waals surface area (Å²) in [6.45, 7) is -2.07. The van der Waals surface area contributed by atoms with Crippen molar-refractivity contribution in [1.29, 1.82) is 0 Å². The van der Waals surface area contributed by atoms with Crippen LogP contribution in [0.2, 0.25) is 0 Å². The van der Waals surface area contributed by atoms with E-state index in [1.165, 1.54) is 26.4 Å². The maximum absolute atomic E-state index is 13.1. The van der Waals surface area contributed by atoms with E-state index in [-0.39, 0.29) is 28.8 Å². The Labute approximate surface area is 141 Å². The van der Waals surface area contributed by atoms with Crippen molar-refractivity contribution in [2.75, 3.05) is 27.3 Å². The fraction of sp³-hybridized carbons (Fsp3) is 0.455. The van der Waals surface area contributed by atoms with E-state index in [2.05, 4.69) is 15.9 Å². The summed E-state index contributed by atoms with van der Waals surface area (Å²) >= 11 is 3.17. The third kappa shape index (κ3) is 5.20. The molecule has 0 heterocycles. The largest absolute Gasteiger partial charge is 0.496 e. The first-order valence-electron chi connectivity index (χ1n) is 5.66. The Morgan fingerprint density at radius 1 is 1.27 bits per heavy atom. The van der Waals surface area contributed by atoms with Crippen LogP contribution >= 0.6 is 28.3 Å². The van der Waals surface area contributed by atoms with Crippen LogP contribution in [0.25, 0.3) is 0 Å². The monoisotopic (exact) mass is 424 g/mol. The van der Waals surface area contributed by atoms with Gasteiger partial charge in [-0.2, -0.15) is 0 Å². The number of nitrogens with one attached hydrogen (secondary N) is 1. The fourth-order valence-electron chi connectivity index (χ4n) is 1.39. The molecule has 0 aromatic heterocycles. The highest BCUT2D eigenvalue weighted by Crippen LogP contribution is 2.35. The Bertz CT molecular complexity index is 616. The molecular formula is C11H16BrClF2N2O4S. The Morgan fingerprint density at radius 2 is 1.82 bits per heavy atom. The van der Waals surface area contributed by atoms with Crippen molar-refractivity contribution < 1.29 is 26.7 Å². The van der Waals surface area contributed by atoms with Gasteiger partial charge in [-0.05, 0) is 22.0 Å². The van der Waals surface area contributed by atoms with Gasteiger partial charge >= 0.3 is 0 Å². The summed E-state index contributed by atoms with van der Waals surface area (Å²) in [6.07, 6.45) is 0. The second-order valence-electron chi connectivity index (χ2n) is 4.02. The number of hydrogen-bond donors (Lipinski definition) is 2. The Hall–Kier alpha value is -0.680. The van der Waals surface area contributed by atoms with E-state index in [1.807, 2.05) is 0 Å². The normalized spacial score (nSPS) is 11.7. The van der Waals surface area contributed by atoms with E-state index in [4.69, 9.17) is 15.2 Å². The van der Waals surface area contributed by atoms with Gasteiger partial charge in [-0.25, -0.2) is 21.9 Å². The van der Waals surface area contributed by atoms with Gasteiger partial charge in [0.15, 0.2) is 0 Å². The number of alkyl halides is 2. The molecule has 0 fully saturated rings. The lowest BCUT2D eigenvalue weighted by atomic mass is 10.3. The predicted octanol–water partition coefficient (Wildman–Crippen LogP) is 1.76. The first kappa shape index (κ1) is 21.3. The van der Waals surface area contributed by atoms with Crippen LogP contribution in [0.5, 0.6) is 11.5 Å². The van der Waals surface area contributed by atoms with Crippen molar-refractivity contribution in [1.82, 2.24) is 4.72 Å². The second kappa shape index (κ2) is 8.25. The van der Waals surface area contributed by atoms with E-state index in [1.54, 1.807) is 4.72 Å². The molecule has 0 spiro atoms. The molecule has 0 amide bonds. The summed E-state index contributed by atoms with van der Waals surface area (Å²) in [5, 5.41) is 0. The molecule has 0 aliphatic rings. The van der Waals surface area contributed by atoms with E-state index >= 15 is 0 Å². The summed E-state index contributed by atoms with van der Waals surface area (Å²) in [7, 11) is -1.60. The molecule has 0 saturated carbocycles. The first-order valence-corrected chi connectivity index (χ1v) is 7.93. The summed E-state index contributed by atoms with van der Waals surface area (Å²) in [4.78, 5) is -0.308. The lowest BCUT2D eigenvalue weighted by molar-refractivity contribution is 0.0170. The van der Waals surface area contributed by atoms with Crippen molar-refractivity contribution in [2.24, 2.45) is 5.73 Å². The molecule has 0 aliphatic heterocycles. The van der Waals surface area contributed by atoms with Crippen molar-refractivity contribution in [2.45, 2.75) is 10.8 Å². The molecule has 0 unspecified atom stereocenters. The number of ether oxygens (including phenoxy) is 2. The number of halogens is 4.